The van der Waals surface area contributed by atoms with Crippen molar-refractivity contribution in [3.05, 3.63) is 65.0 Å². The maximum Gasteiger partial charge on any atom is 0.132 e. The van der Waals surface area contributed by atoms with E-state index in [1.54, 1.807) is 29.1 Å². The molecule has 5 heteroatoms. The number of nitrogens with zero attached hydrogens (tertiary/aromatic N) is 3. The van der Waals surface area contributed by atoms with Gasteiger partial charge in [0.2, 0.25) is 0 Å². The van der Waals surface area contributed by atoms with E-state index in [1.807, 2.05) is 24.3 Å². The van der Waals surface area contributed by atoms with Crippen molar-refractivity contribution >= 4 is 15.9 Å². The monoisotopic (exact) mass is 317 g/mol. The fourth-order valence-electron chi connectivity index (χ4n) is 1.81. The van der Waals surface area contributed by atoms with E-state index >= 15 is 0 Å². The first kappa shape index (κ1) is 12.0. The highest BCUT2D eigenvalue weighted by Crippen LogP contribution is 2.23. The lowest BCUT2D eigenvalue weighted by atomic mass is 10.1. The first-order valence-corrected chi connectivity index (χ1v) is 6.47. The molecular weight excluding hydrogens is 309 g/mol. The third kappa shape index (κ3) is 2.29. The molecule has 3 rings (SSSR count). The van der Waals surface area contributed by atoms with Gasteiger partial charge in [-0.05, 0) is 40.2 Å². The Morgan fingerprint density at radius 3 is 2.53 bits per heavy atom. The van der Waals surface area contributed by atoms with E-state index in [1.165, 1.54) is 6.07 Å². The molecule has 0 radical (unpaired) electrons. The number of rotatable bonds is 2. The Kier molecular flexibility index (Phi) is 3.13. The van der Waals surface area contributed by atoms with Crippen molar-refractivity contribution in [3.63, 3.8) is 0 Å². The zero-order valence-electron chi connectivity index (χ0n) is 9.79. The van der Waals surface area contributed by atoms with Gasteiger partial charge in [0.1, 0.15) is 11.5 Å². The summed E-state index contributed by atoms with van der Waals surface area (Å²) >= 11 is 3.45. The third-order valence-electron chi connectivity index (χ3n) is 2.74. The van der Waals surface area contributed by atoms with E-state index in [9.17, 15) is 4.39 Å². The van der Waals surface area contributed by atoms with Crippen molar-refractivity contribution in [2.75, 3.05) is 0 Å². The van der Waals surface area contributed by atoms with Crippen LogP contribution >= 0.6 is 15.9 Å². The molecular formula is C14H9BrFN3. The normalized spacial score (nSPS) is 10.6. The van der Waals surface area contributed by atoms with Gasteiger partial charge in [-0.3, -0.25) is 0 Å². The predicted octanol–water partition coefficient (Wildman–Crippen LogP) is 3.84. The lowest BCUT2D eigenvalue weighted by molar-refractivity contribution is 0.630. The molecule has 0 bridgehead atoms. The molecule has 2 aromatic carbocycles. The van der Waals surface area contributed by atoms with Gasteiger partial charge >= 0.3 is 0 Å². The lowest BCUT2D eigenvalue weighted by Gasteiger charge is -2.01. The Hall–Kier alpha value is -2.01. The quantitative estimate of drug-likeness (QED) is 0.719. The summed E-state index contributed by atoms with van der Waals surface area (Å²) in [5, 5.41) is 8.05. The van der Waals surface area contributed by atoms with Gasteiger partial charge < -0.3 is 0 Å². The highest BCUT2D eigenvalue weighted by Gasteiger charge is 2.10. The second-order valence-corrected chi connectivity index (χ2v) is 4.83. The highest BCUT2D eigenvalue weighted by atomic mass is 79.9. The van der Waals surface area contributed by atoms with Gasteiger partial charge in [-0.15, -0.1) is 5.10 Å². The van der Waals surface area contributed by atoms with Gasteiger partial charge in [0.15, 0.2) is 0 Å². The van der Waals surface area contributed by atoms with Crippen molar-refractivity contribution in [2.45, 2.75) is 0 Å². The molecule has 94 valence electrons. The van der Waals surface area contributed by atoms with Crippen molar-refractivity contribution in [3.8, 4) is 16.9 Å². The average molecular weight is 318 g/mol. The molecule has 0 atom stereocenters. The van der Waals surface area contributed by atoms with Crippen LogP contribution in [0.25, 0.3) is 16.9 Å². The summed E-state index contributed by atoms with van der Waals surface area (Å²) in [4.78, 5) is 0. The van der Waals surface area contributed by atoms with Crippen molar-refractivity contribution in [2.24, 2.45) is 0 Å². The van der Waals surface area contributed by atoms with Crippen LogP contribution < -0.4 is 0 Å². The molecule has 0 spiro atoms. The fourth-order valence-corrected chi connectivity index (χ4v) is 2.28. The van der Waals surface area contributed by atoms with E-state index in [-0.39, 0.29) is 5.82 Å². The van der Waals surface area contributed by atoms with Gasteiger partial charge in [0.25, 0.3) is 0 Å². The summed E-state index contributed by atoms with van der Waals surface area (Å²) in [7, 11) is 0. The molecule has 0 aliphatic rings. The Bertz CT molecular complexity index is 664. The minimum Gasteiger partial charge on any atom is -0.219 e. The molecule has 0 saturated carbocycles. The molecule has 0 unspecified atom stereocenters. The molecule has 1 aromatic heterocycles. The van der Waals surface area contributed by atoms with Crippen molar-refractivity contribution < 1.29 is 4.39 Å². The van der Waals surface area contributed by atoms with Gasteiger partial charge in [-0.25, -0.2) is 9.07 Å². The summed E-state index contributed by atoms with van der Waals surface area (Å²) < 4.78 is 16.2. The highest BCUT2D eigenvalue weighted by molar-refractivity contribution is 9.10. The van der Waals surface area contributed by atoms with Crippen molar-refractivity contribution in [1.29, 1.82) is 0 Å². The Morgan fingerprint density at radius 2 is 1.74 bits per heavy atom. The Labute approximate surface area is 117 Å². The second-order valence-electron chi connectivity index (χ2n) is 3.98. The number of halogens is 2. The minimum absolute atomic E-state index is 0.304. The second kappa shape index (κ2) is 4.93. The number of aromatic nitrogens is 3. The van der Waals surface area contributed by atoms with Crippen LogP contribution in [0.4, 0.5) is 4.39 Å². The van der Waals surface area contributed by atoms with Crippen LogP contribution in [0.1, 0.15) is 0 Å². The van der Waals surface area contributed by atoms with E-state index in [0.717, 1.165) is 10.2 Å². The molecule has 0 fully saturated rings. The standard InChI is InChI=1S/C14H9BrFN3/c15-11-6-2-4-8-14(11)19-9-13(17-18-19)10-5-1-3-7-12(10)16/h1-9H. The SMILES string of the molecule is Fc1ccccc1-c1cn(-c2ccccc2Br)nn1. The fraction of sp³-hybridized carbons (Fsp3) is 0. The summed E-state index contributed by atoms with van der Waals surface area (Å²) in [6.07, 6.45) is 1.71. The van der Waals surface area contributed by atoms with Gasteiger partial charge in [0, 0.05) is 10.0 Å². The number of hydrogen-bond donors (Lipinski definition) is 0. The van der Waals surface area contributed by atoms with Crippen LogP contribution in [-0.4, -0.2) is 15.0 Å². The summed E-state index contributed by atoms with van der Waals surface area (Å²) in [6.45, 7) is 0. The topological polar surface area (TPSA) is 30.7 Å². The largest absolute Gasteiger partial charge is 0.219 e. The number of para-hydroxylation sites is 1. The molecule has 3 nitrogen and oxygen atoms in total. The van der Waals surface area contributed by atoms with Gasteiger partial charge in [0.05, 0.1) is 11.9 Å². The van der Waals surface area contributed by atoms with Crippen LogP contribution in [0.15, 0.2) is 59.2 Å². The molecule has 0 N–H and O–H groups in total. The van der Waals surface area contributed by atoms with E-state index in [4.69, 9.17) is 0 Å². The average Bonchev–Trinajstić information content (AvgIpc) is 2.89. The Morgan fingerprint density at radius 1 is 1.00 bits per heavy atom. The Balaban J connectivity index is 2.06. The lowest BCUT2D eigenvalue weighted by Crippen LogP contribution is -1.95. The van der Waals surface area contributed by atoms with Gasteiger partial charge in [-0.2, -0.15) is 0 Å². The van der Waals surface area contributed by atoms with Crippen LogP contribution in [0, 0.1) is 5.82 Å². The van der Waals surface area contributed by atoms with E-state index in [2.05, 4.69) is 26.2 Å². The maximum atomic E-state index is 13.7. The number of benzene rings is 2. The van der Waals surface area contributed by atoms with Crippen LogP contribution in [0.2, 0.25) is 0 Å². The summed E-state index contributed by atoms with van der Waals surface area (Å²) in [5.74, 6) is -0.304. The molecule has 19 heavy (non-hydrogen) atoms. The van der Waals surface area contributed by atoms with Gasteiger partial charge in [-0.1, -0.05) is 29.5 Å². The molecule has 0 aliphatic carbocycles. The van der Waals surface area contributed by atoms with E-state index in [0.29, 0.717) is 11.3 Å². The molecule has 0 saturated heterocycles. The third-order valence-corrected chi connectivity index (χ3v) is 3.41. The minimum atomic E-state index is -0.304. The first-order chi connectivity index (χ1) is 9.25. The molecule has 1 heterocycles. The van der Waals surface area contributed by atoms with Crippen LogP contribution in [-0.2, 0) is 0 Å². The predicted molar refractivity (Wildman–Crippen MR) is 74.5 cm³/mol. The maximum absolute atomic E-state index is 13.7. The zero-order chi connectivity index (χ0) is 13.2. The van der Waals surface area contributed by atoms with Crippen LogP contribution in [0.5, 0.6) is 0 Å². The first-order valence-electron chi connectivity index (χ1n) is 5.68. The smallest absolute Gasteiger partial charge is 0.132 e. The summed E-state index contributed by atoms with van der Waals surface area (Å²) in [5.41, 5.74) is 1.81. The molecule has 3 aromatic rings. The molecule has 0 aliphatic heterocycles. The van der Waals surface area contributed by atoms with E-state index < -0.39 is 0 Å². The van der Waals surface area contributed by atoms with Crippen LogP contribution in [0.3, 0.4) is 0 Å². The zero-order valence-corrected chi connectivity index (χ0v) is 11.4. The molecule has 0 amide bonds. The van der Waals surface area contributed by atoms with Crippen molar-refractivity contribution in [1.82, 2.24) is 15.0 Å². The summed E-state index contributed by atoms with van der Waals surface area (Å²) in [6, 6.07) is 14.2. The number of hydrogen-bond acceptors (Lipinski definition) is 2.